The second-order valence-electron chi connectivity index (χ2n) is 8.53. The lowest BCUT2D eigenvalue weighted by atomic mass is 10.0. The van der Waals surface area contributed by atoms with Gasteiger partial charge in [0.05, 0.1) is 0 Å². The number of piperidine rings is 1. The quantitative estimate of drug-likeness (QED) is 0.709. The van der Waals surface area contributed by atoms with Gasteiger partial charge in [-0.1, -0.05) is 12.1 Å². The van der Waals surface area contributed by atoms with Crippen LogP contribution in [0.5, 0.6) is 0 Å². The molecule has 7 nitrogen and oxygen atoms in total. The molecule has 0 aliphatic carbocycles. The first-order chi connectivity index (χ1) is 14.1. The molecule has 1 aromatic rings. The Hall–Kier alpha value is -2.64. The third-order valence-electron chi connectivity index (χ3n) is 4.77. The van der Waals surface area contributed by atoms with Gasteiger partial charge in [0.25, 0.3) is 0 Å². The minimum Gasteiger partial charge on any atom is -0.444 e. The fourth-order valence-corrected chi connectivity index (χ4v) is 3.23. The number of amides is 3. The number of ether oxygens (including phenoxy) is 1. The van der Waals surface area contributed by atoms with Crippen LogP contribution in [0.25, 0.3) is 0 Å². The van der Waals surface area contributed by atoms with Gasteiger partial charge in [-0.3, -0.25) is 9.59 Å². The maximum absolute atomic E-state index is 12.9. The molecule has 0 saturated carbocycles. The summed E-state index contributed by atoms with van der Waals surface area (Å²) in [5, 5.41) is 5.60. The molecule has 0 radical (unpaired) electrons. The van der Waals surface area contributed by atoms with Gasteiger partial charge in [0, 0.05) is 38.5 Å². The molecule has 1 aromatic carbocycles. The van der Waals surface area contributed by atoms with E-state index in [0.717, 1.165) is 5.56 Å². The Bertz CT molecular complexity index is 723. The van der Waals surface area contributed by atoms with Crippen LogP contribution in [0.4, 0.5) is 9.18 Å². The number of hydrogen-bond donors (Lipinski definition) is 2. The van der Waals surface area contributed by atoms with Crippen molar-refractivity contribution in [2.24, 2.45) is 0 Å². The first-order valence-corrected chi connectivity index (χ1v) is 10.4. The Morgan fingerprint density at radius 3 is 2.33 bits per heavy atom. The first kappa shape index (κ1) is 23.6. The van der Waals surface area contributed by atoms with Crippen molar-refractivity contribution in [3.8, 4) is 0 Å². The summed E-state index contributed by atoms with van der Waals surface area (Å²) in [5.41, 5.74) is 0.353. The lowest BCUT2D eigenvalue weighted by Crippen LogP contribution is -2.47. The number of carbonyl (C=O) groups is 3. The Balaban J connectivity index is 1.61. The molecule has 1 saturated heterocycles. The van der Waals surface area contributed by atoms with Crippen LogP contribution >= 0.6 is 0 Å². The first-order valence-electron chi connectivity index (χ1n) is 10.4. The molecule has 0 unspecified atom stereocenters. The summed E-state index contributed by atoms with van der Waals surface area (Å²) in [6.07, 6.45) is 2.00. The van der Waals surface area contributed by atoms with Gasteiger partial charge < -0.3 is 20.3 Å². The lowest BCUT2D eigenvalue weighted by molar-refractivity contribution is -0.132. The molecule has 3 amide bonds. The van der Waals surface area contributed by atoms with E-state index in [4.69, 9.17) is 4.74 Å². The number of nitrogens with one attached hydrogen (secondary N) is 2. The highest BCUT2D eigenvalue weighted by molar-refractivity contribution is 5.78. The van der Waals surface area contributed by atoms with Crippen LogP contribution in [-0.2, 0) is 20.7 Å². The molecule has 2 N–H and O–H groups in total. The number of aryl methyl sites for hydroxylation is 1. The van der Waals surface area contributed by atoms with Crippen molar-refractivity contribution < 1.29 is 23.5 Å². The predicted octanol–water partition coefficient (Wildman–Crippen LogP) is 2.78. The minimum absolute atomic E-state index is 0.0212. The van der Waals surface area contributed by atoms with E-state index in [0.29, 0.717) is 38.8 Å². The third-order valence-corrected chi connectivity index (χ3v) is 4.77. The standard InChI is InChI=1S/C22H32FN3O4/c1-22(2,3)30-21(29)24-13-10-20(28)26-14-11-18(12-15-26)25-19(27)9-6-16-4-7-17(23)8-5-16/h4-5,7-8,18H,6,9-15H2,1-3H3,(H,24,29)(H,25,27). The molecule has 166 valence electrons. The van der Waals surface area contributed by atoms with Gasteiger partial charge in [0.1, 0.15) is 11.4 Å². The van der Waals surface area contributed by atoms with Crippen LogP contribution < -0.4 is 10.6 Å². The normalized spacial score (nSPS) is 14.9. The van der Waals surface area contributed by atoms with Crippen molar-refractivity contribution in [2.75, 3.05) is 19.6 Å². The molecule has 0 atom stereocenters. The van der Waals surface area contributed by atoms with Gasteiger partial charge in [0.15, 0.2) is 0 Å². The molecule has 1 fully saturated rings. The summed E-state index contributed by atoms with van der Waals surface area (Å²) in [6.45, 7) is 6.73. The number of benzene rings is 1. The van der Waals surface area contributed by atoms with Crippen molar-refractivity contribution >= 4 is 17.9 Å². The fraction of sp³-hybridized carbons (Fsp3) is 0.591. The van der Waals surface area contributed by atoms with Gasteiger partial charge in [0.2, 0.25) is 11.8 Å². The van der Waals surface area contributed by atoms with Crippen molar-refractivity contribution in [1.29, 1.82) is 0 Å². The monoisotopic (exact) mass is 421 g/mol. The Morgan fingerprint density at radius 2 is 1.73 bits per heavy atom. The highest BCUT2D eigenvalue weighted by Crippen LogP contribution is 2.13. The zero-order chi connectivity index (χ0) is 22.1. The van der Waals surface area contributed by atoms with Gasteiger partial charge >= 0.3 is 6.09 Å². The minimum atomic E-state index is -0.570. The number of hydrogen-bond acceptors (Lipinski definition) is 4. The predicted molar refractivity (Wildman–Crippen MR) is 111 cm³/mol. The molecular formula is C22H32FN3O4. The average Bonchev–Trinajstić information content (AvgIpc) is 2.66. The number of carbonyl (C=O) groups excluding carboxylic acids is 3. The van der Waals surface area contributed by atoms with Crippen LogP contribution in [0, 0.1) is 5.82 Å². The SMILES string of the molecule is CC(C)(C)OC(=O)NCCC(=O)N1CCC(NC(=O)CCc2ccc(F)cc2)CC1. The van der Waals surface area contributed by atoms with Crippen LogP contribution in [0.3, 0.4) is 0 Å². The number of alkyl carbamates (subject to hydrolysis) is 1. The van der Waals surface area contributed by atoms with Gasteiger partial charge in [-0.2, -0.15) is 0 Å². The molecule has 30 heavy (non-hydrogen) atoms. The summed E-state index contributed by atoms with van der Waals surface area (Å²) in [5.74, 6) is -0.345. The summed E-state index contributed by atoms with van der Waals surface area (Å²) in [4.78, 5) is 37.8. The number of nitrogens with zero attached hydrogens (tertiary/aromatic N) is 1. The molecule has 1 heterocycles. The van der Waals surface area contributed by atoms with E-state index in [9.17, 15) is 18.8 Å². The number of likely N-dealkylation sites (tertiary alicyclic amines) is 1. The Morgan fingerprint density at radius 1 is 1.10 bits per heavy atom. The highest BCUT2D eigenvalue weighted by atomic mass is 19.1. The average molecular weight is 422 g/mol. The third kappa shape index (κ3) is 8.80. The Labute approximate surface area is 177 Å². The Kier molecular flexibility index (Phi) is 8.62. The molecule has 1 aliphatic heterocycles. The van der Waals surface area contributed by atoms with Crippen molar-refractivity contribution in [2.45, 2.75) is 64.5 Å². The van der Waals surface area contributed by atoms with Crippen LogP contribution in [0.2, 0.25) is 0 Å². The molecular weight excluding hydrogens is 389 g/mol. The summed E-state index contributed by atoms with van der Waals surface area (Å²) < 4.78 is 18.1. The molecule has 8 heteroatoms. The van der Waals surface area contributed by atoms with Crippen molar-refractivity contribution in [3.05, 3.63) is 35.6 Å². The van der Waals surface area contributed by atoms with E-state index in [2.05, 4.69) is 10.6 Å². The summed E-state index contributed by atoms with van der Waals surface area (Å²) in [7, 11) is 0. The van der Waals surface area contributed by atoms with Gasteiger partial charge in [-0.15, -0.1) is 0 Å². The second kappa shape index (κ2) is 10.9. The summed E-state index contributed by atoms with van der Waals surface area (Å²) in [6, 6.07) is 6.20. The van der Waals surface area contributed by atoms with E-state index in [1.54, 1.807) is 37.8 Å². The zero-order valence-electron chi connectivity index (χ0n) is 18.0. The number of halogens is 1. The fourth-order valence-electron chi connectivity index (χ4n) is 3.23. The van der Waals surface area contributed by atoms with Gasteiger partial charge in [-0.05, 0) is 57.7 Å². The molecule has 0 bridgehead atoms. The van der Waals surface area contributed by atoms with E-state index in [1.807, 2.05) is 0 Å². The second-order valence-corrected chi connectivity index (χ2v) is 8.53. The summed E-state index contributed by atoms with van der Waals surface area (Å²) >= 11 is 0. The lowest BCUT2D eigenvalue weighted by Gasteiger charge is -2.32. The highest BCUT2D eigenvalue weighted by Gasteiger charge is 2.24. The number of rotatable bonds is 7. The molecule has 2 rings (SSSR count). The zero-order valence-corrected chi connectivity index (χ0v) is 18.0. The smallest absolute Gasteiger partial charge is 0.407 e. The topological polar surface area (TPSA) is 87.7 Å². The van der Waals surface area contributed by atoms with Crippen LogP contribution in [0.15, 0.2) is 24.3 Å². The van der Waals surface area contributed by atoms with Crippen molar-refractivity contribution in [3.63, 3.8) is 0 Å². The maximum atomic E-state index is 12.9. The van der Waals surface area contributed by atoms with E-state index < -0.39 is 11.7 Å². The van der Waals surface area contributed by atoms with Crippen molar-refractivity contribution in [1.82, 2.24) is 15.5 Å². The maximum Gasteiger partial charge on any atom is 0.407 e. The molecule has 1 aliphatic rings. The van der Waals surface area contributed by atoms with E-state index in [1.165, 1.54) is 12.1 Å². The largest absolute Gasteiger partial charge is 0.444 e. The van der Waals surface area contributed by atoms with Gasteiger partial charge in [-0.25, -0.2) is 9.18 Å². The van der Waals surface area contributed by atoms with Crippen LogP contribution in [-0.4, -0.2) is 54.1 Å². The van der Waals surface area contributed by atoms with E-state index in [-0.39, 0.29) is 36.6 Å². The van der Waals surface area contributed by atoms with Crippen LogP contribution in [0.1, 0.15) is 52.0 Å². The molecule has 0 spiro atoms. The van der Waals surface area contributed by atoms with E-state index >= 15 is 0 Å². The molecule has 0 aromatic heterocycles.